The molecule has 1 aliphatic heterocycles. The molecule has 8 heteroatoms. The van der Waals surface area contributed by atoms with Gasteiger partial charge in [0.2, 0.25) is 0 Å². The van der Waals surface area contributed by atoms with Crippen LogP contribution in [0.4, 0.5) is 18.0 Å². The zero-order valence-corrected chi connectivity index (χ0v) is 15.0. The molecule has 1 saturated heterocycles. The SMILES string of the molecule is CC(C)(C)OC(=O)N1CCC(C(CO)Oc2ccc(C(F)(F)F)cc2)C1. The molecule has 1 N–H and O–H groups in total. The summed E-state index contributed by atoms with van der Waals surface area (Å²) in [6, 6.07) is 4.33. The molecule has 1 fully saturated rings. The largest absolute Gasteiger partial charge is 0.488 e. The van der Waals surface area contributed by atoms with E-state index in [1.54, 1.807) is 25.7 Å². The highest BCUT2D eigenvalue weighted by Gasteiger charge is 2.35. The van der Waals surface area contributed by atoms with Crippen LogP contribution >= 0.6 is 0 Å². The van der Waals surface area contributed by atoms with Crippen LogP contribution in [0.5, 0.6) is 5.75 Å². The Morgan fingerprint density at radius 2 is 1.88 bits per heavy atom. The van der Waals surface area contributed by atoms with Crippen molar-refractivity contribution < 1.29 is 32.5 Å². The summed E-state index contributed by atoms with van der Waals surface area (Å²) in [5.41, 5.74) is -1.36. The van der Waals surface area contributed by atoms with Crippen molar-refractivity contribution in [3.8, 4) is 5.75 Å². The van der Waals surface area contributed by atoms with Crippen molar-refractivity contribution in [2.75, 3.05) is 19.7 Å². The lowest BCUT2D eigenvalue weighted by atomic mass is 10.0. The fourth-order valence-electron chi connectivity index (χ4n) is 2.76. The molecule has 26 heavy (non-hydrogen) atoms. The first-order valence-corrected chi connectivity index (χ1v) is 8.42. The predicted octanol–water partition coefficient (Wildman–Crippen LogP) is 3.70. The van der Waals surface area contributed by atoms with Gasteiger partial charge in [0.15, 0.2) is 0 Å². The number of alkyl halides is 3. The van der Waals surface area contributed by atoms with Crippen LogP contribution in [0.2, 0.25) is 0 Å². The summed E-state index contributed by atoms with van der Waals surface area (Å²) >= 11 is 0. The minimum absolute atomic E-state index is 0.130. The summed E-state index contributed by atoms with van der Waals surface area (Å²) in [5.74, 6) is 0.113. The van der Waals surface area contributed by atoms with Crippen molar-refractivity contribution in [3.05, 3.63) is 29.8 Å². The van der Waals surface area contributed by atoms with E-state index >= 15 is 0 Å². The minimum Gasteiger partial charge on any atom is -0.488 e. The number of carbonyl (C=O) groups is 1. The molecule has 146 valence electrons. The van der Waals surface area contributed by atoms with E-state index in [0.717, 1.165) is 12.1 Å². The maximum absolute atomic E-state index is 12.6. The van der Waals surface area contributed by atoms with Crippen molar-refractivity contribution in [3.63, 3.8) is 0 Å². The molecular formula is C18H24F3NO4. The van der Waals surface area contributed by atoms with Gasteiger partial charge in [-0.3, -0.25) is 0 Å². The highest BCUT2D eigenvalue weighted by atomic mass is 19.4. The standard InChI is InChI=1S/C18H24F3NO4/c1-17(2,3)26-16(24)22-9-8-12(10-22)15(11-23)25-14-6-4-13(5-7-14)18(19,20)21/h4-7,12,15,23H,8-11H2,1-3H3. The van der Waals surface area contributed by atoms with E-state index in [-0.39, 0.29) is 18.3 Å². The number of aliphatic hydroxyl groups excluding tert-OH is 1. The number of hydrogen-bond acceptors (Lipinski definition) is 4. The number of hydrogen-bond donors (Lipinski definition) is 1. The monoisotopic (exact) mass is 375 g/mol. The van der Waals surface area contributed by atoms with Crippen LogP contribution in [0.3, 0.4) is 0 Å². The maximum Gasteiger partial charge on any atom is 0.416 e. The molecule has 0 radical (unpaired) electrons. The number of amides is 1. The summed E-state index contributed by atoms with van der Waals surface area (Å²) in [5, 5.41) is 9.60. The van der Waals surface area contributed by atoms with Crippen molar-refractivity contribution in [2.45, 2.75) is 45.1 Å². The third-order valence-electron chi connectivity index (χ3n) is 4.05. The third kappa shape index (κ3) is 5.52. The summed E-state index contributed by atoms with van der Waals surface area (Å²) in [4.78, 5) is 13.7. The van der Waals surface area contributed by atoms with Crippen LogP contribution in [0.1, 0.15) is 32.8 Å². The molecule has 1 amide bonds. The number of rotatable bonds is 4. The Morgan fingerprint density at radius 3 is 2.38 bits per heavy atom. The van der Waals surface area contributed by atoms with Gasteiger partial charge >= 0.3 is 12.3 Å². The van der Waals surface area contributed by atoms with Crippen LogP contribution < -0.4 is 4.74 Å². The van der Waals surface area contributed by atoms with Crippen molar-refractivity contribution in [1.29, 1.82) is 0 Å². The van der Waals surface area contributed by atoms with Gasteiger partial charge in [0.1, 0.15) is 17.5 Å². The summed E-state index contributed by atoms with van der Waals surface area (Å²) < 4.78 is 48.8. The van der Waals surface area contributed by atoms with Crippen molar-refractivity contribution in [1.82, 2.24) is 4.90 Å². The second-order valence-electron chi connectivity index (χ2n) is 7.34. The number of carbonyl (C=O) groups excluding carboxylic acids is 1. The van der Waals surface area contributed by atoms with E-state index in [1.165, 1.54) is 12.1 Å². The van der Waals surface area contributed by atoms with Gasteiger partial charge in [-0.2, -0.15) is 13.2 Å². The van der Waals surface area contributed by atoms with E-state index in [9.17, 15) is 23.1 Å². The smallest absolute Gasteiger partial charge is 0.416 e. The van der Waals surface area contributed by atoms with Gasteiger partial charge < -0.3 is 19.5 Å². The van der Waals surface area contributed by atoms with Gasteiger partial charge in [-0.25, -0.2) is 4.79 Å². The van der Waals surface area contributed by atoms with Crippen LogP contribution in [-0.2, 0) is 10.9 Å². The van der Waals surface area contributed by atoms with Crippen LogP contribution in [0.15, 0.2) is 24.3 Å². The van der Waals surface area contributed by atoms with Gasteiger partial charge in [0.05, 0.1) is 12.2 Å². The Morgan fingerprint density at radius 1 is 1.27 bits per heavy atom. The van der Waals surface area contributed by atoms with E-state index < -0.39 is 29.5 Å². The Kier molecular flexibility index (Phi) is 6.05. The molecule has 2 rings (SSSR count). The van der Waals surface area contributed by atoms with Gasteiger partial charge in [0.25, 0.3) is 0 Å². The summed E-state index contributed by atoms with van der Waals surface area (Å²) in [6.07, 6.45) is -4.83. The molecule has 1 aromatic rings. The van der Waals surface area contributed by atoms with E-state index in [4.69, 9.17) is 9.47 Å². The average Bonchev–Trinajstić information content (AvgIpc) is 3.00. The molecular weight excluding hydrogens is 351 g/mol. The topological polar surface area (TPSA) is 59.0 Å². The van der Waals surface area contributed by atoms with Crippen LogP contribution in [0, 0.1) is 5.92 Å². The normalized spacial score (nSPS) is 19.3. The average molecular weight is 375 g/mol. The fourth-order valence-corrected chi connectivity index (χ4v) is 2.76. The molecule has 0 bridgehead atoms. The Labute approximate surface area is 150 Å². The zero-order valence-electron chi connectivity index (χ0n) is 15.0. The molecule has 1 heterocycles. The lowest BCUT2D eigenvalue weighted by molar-refractivity contribution is -0.137. The summed E-state index contributed by atoms with van der Waals surface area (Å²) in [7, 11) is 0. The number of aliphatic hydroxyl groups is 1. The quantitative estimate of drug-likeness (QED) is 0.872. The number of ether oxygens (including phenoxy) is 2. The van der Waals surface area contributed by atoms with Gasteiger partial charge in [0, 0.05) is 19.0 Å². The predicted molar refractivity (Wildman–Crippen MR) is 88.9 cm³/mol. The van der Waals surface area contributed by atoms with Gasteiger partial charge in [-0.05, 0) is 51.5 Å². The van der Waals surface area contributed by atoms with Crippen molar-refractivity contribution >= 4 is 6.09 Å². The highest BCUT2D eigenvalue weighted by Crippen LogP contribution is 2.31. The molecule has 0 saturated carbocycles. The molecule has 1 aromatic carbocycles. The fraction of sp³-hybridized carbons (Fsp3) is 0.611. The Balaban J connectivity index is 1.96. The number of halogens is 3. The first-order valence-electron chi connectivity index (χ1n) is 8.42. The first-order chi connectivity index (χ1) is 12.0. The first kappa shape index (κ1) is 20.4. The molecule has 0 aromatic heterocycles. The summed E-state index contributed by atoms with van der Waals surface area (Å²) in [6.45, 7) is 5.88. The molecule has 0 aliphatic carbocycles. The number of benzene rings is 1. The second-order valence-corrected chi connectivity index (χ2v) is 7.34. The molecule has 5 nitrogen and oxygen atoms in total. The minimum atomic E-state index is -4.41. The highest BCUT2D eigenvalue weighted by molar-refractivity contribution is 5.68. The van der Waals surface area contributed by atoms with E-state index in [1.807, 2.05) is 0 Å². The lowest BCUT2D eigenvalue weighted by Crippen LogP contribution is -2.37. The van der Waals surface area contributed by atoms with E-state index in [2.05, 4.69) is 0 Å². The molecule has 2 unspecified atom stereocenters. The van der Waals surface area contributed by atoms with Crippen LogP contribution in [-0.4, -0.2) is 47.5 Å². The van der Waals surface area contributed by atoms with E-state index in [0.29, 0.717) is 19.5 Å². The van der Waals surface area contributed by atoms with Crippen molar-refractivity contribution in [2.24, 2.45) is 5.92 Å². The second kappa shape index (κ2) is 7.73. The van der Waals surface area contributed by atoms with Gasteiger partial charge in [-0.15, -0.1) is 0 Å². The molecule has 0 spiro atoms. The zero-order chi connectivity index (χ0) is 19.5. The Bertz CT molecular complexity index is 610. The number of likely N-dealkylation sites (tertiary alicyclic amines) is 1. The maximum atomic E-state index is 12.6. The third-order valence-corrected chi connectivity index (χ3v) is 4.05. The molecule has 1 aliphatic rings. The lowest BCUT2D eigenvalue weighted by Gasteiger charge is -2.26. The van der Waals surface area contributed by atoms with Gasteiger partial charge in [-0.1, -0.05) is 0 Å². The number of nitrogens with zero attached hydrogens (tertiary/aromatic N) is 1. The van der Waals surface area contributed by atoms with Crippen LogP contribution in [0.25, 0.3) is 0 Å². The molecule has 2 atom stereocenters. The Hall–Kier alpha value is -1.96.